The molecule has 4 atom stereocenters. The van der Waals surface area contributed by atoms with Gasteiger partial charge in [0.15, 0.2) is 0 Å². The molecule has 2 bridgehead atoms. The van der Waals surface area contributed by atoms with Gasteiger partial charge in [-0.1, -0.05) is 29.3 Å². The topological polar surface area (TPSA) is 23.5 Å². The van der Waals surface area contributed by atoms with E-state index in [1.807, 2.05) is 12.1 Å². The minimum absolute atomic E-state index is 0.243. The van der Waals surface area contributed by atoms with Crippen LogP contribution in [0.2, 0.25) is 10.0 Å². The Hall–Kier alpha value is -0.280. The van der Waals surface area contributed by atoms with E-state index < -0.39 is 0 Å². The molecule has 2 aliphatic heterocycles. The van der Waals surface area contributed by atoms with Crippen LogP contribution in [0.15, 0.2) is 18.2 Å². The molecule has 1 aromatic carbocycles. The zero-order valence-electron chi connectivity index (χ0n) is 11.0. The minimum atomic E-state index is 0.243. The lowest BCUT2D eigenvalue weighted by Gasteiger charge is -2.42. The summed E-state index contributed by atoms with van der Waals surface area (Å²) in [5.41, 5.74) is 1.22. The van der Waals surface area contributed by atoms with Crippen molar-refractivity contribution in [3.8, 4) is 0 Å². The van der Waals surface area contributed by atoms with Crippen molar-refractivity contribution in [1.82, 2.24) is 4.90 Å². The van der Waals surface area contributed by atoms with E-state index >= 15 is 0 Å². The molecule has 104 valence electrons. The van der Waals surface area contributed by atoms with Crippen LogP contribution in [-0.4, -0.2) is 35.7 Å². The van der Waals surface area contributed by atoms with Crippen LogP contribution in [0.1, 0.15) is 30.7 Å². The first-order chi connectivity index (χ1) is 9.11. The Morgan fingerprint density at radius 2 is 2.05 bits per heavy atom. The summed E-state index contributed by atoms with van der Waals surface area (Å²) in [7, 11) is 2.19. The van der Waals surface area contributed by atoms with Gasteiger partial charge in [0.05, 0.1) is 10.0 Å². The van der Waals surface area contributed by atoms with Gasteiger partial charge in [-0.3, -0.25) is 0 Å². The molecular formula is C15H19Cl2NO. The lowest BCUT2D eigenvalue weighted by molar-refractivity contribution is 0.0592. The summed E-state index contributed by atoms with van der Waals surface area (Å²) in [6.07, 6.45) is 3.55. The molecule has 2 heterocycles. The first-order valence-electron chi connectivity index (χ1n) is 6.89. The van der Waals surface area contributed by atoms with Crippen molar-refractivity contribution in [1.29, 1.82) is 0 Å². The zero-order chi connectivity index (χ0) is 13.6. The number of aliphatic hydroxyl groups excluding tert-OH is 1. The Balaban J connectivity index is 1.93. The van der Waals surface area contributed by atoms with E-state index in [4.69, 9.17) is 23.2 Å². The van der Waals surface area contributed by atoms with E-state index in [-0.39, 0.29) is 6.61 Å². The average Bonchev–Trinajstić information content (AvgIpc) is 2.65. The summed E-state index contributed by atoms with van der Waals surface area (Å²) in [6, 6.07) is 7.05. The second-order valence-electron chi connectivity index (χ2n) is 5.83. The number of rotatable bonds is 2. The van der Waals surface area contributed by atoms with Gasteiger partial charge in [-0.2, -0.15) is 0 Å². The van der Waals surface area contributed by atoms with Gasteiger partial charge in [0.1, 0.15) is 0 Å². The highest BCUT2D eigenvalue weighted by molar-refractivity contribution is 6.42. The van der Waals surface area contributed by atoms with E-state index in [9.17, 15) is 5.11 Å². The quantitative estimate of drug-likeness (QED) is 0.903. The number of hydrogen-bond acceptors (Lipinski definition) is 2. The molecule has 1 unspecified atom stereocenters. The van der Waals surface area contributed by atoms with E-state index in [0.29, 0.717) is 34.0 Å². The highest BCUT2D eigenvalue weighted by atomic mass is 35.5. The van der Waals surface area contributed by atoms with Crippen LogP contribution in [0.25, 0.3) is 0 Å². The van der Waals surface area contributed by atoms with Crippen molar-refractivity contribution in [2.75, 3.05) is 13.7 Å². The fourth-order valence-corrected chi connectivity index (χ4v) is 4.26. The second-order valence-corrected chi connectivity index (χ2v) is 6.64. The molecular weight excluding hydrogens is 281 g/mol. The van der Waals surface area contributed by atoms with Gasteiger partial charge in [-0.15, -0.1) is 0 Å². The number of aliphatic hydroxyl groups is 1. The number of fused-ring (bicyclic) bond motifs is 2. The van der Waals surface area contributed by atoms with Gasteiger partial charge >= 0.3 is 0 Å². The molecule has 2 fully saturated rings. The maximum Gasteiger partial charge on any atom is 0.0595 e. The fourth-order valence-electron chi connectivity index (χ4n) is 3.95. The summed E-state index contributed by atoms with van der Waals surface area (Å²) in [5, 5.41) is 11.0. The molecule has 0 aromatic heterocycles. The molecule has 0 spiro atoms. The SMILES string of the molecule is CN1C2CC[C@@H]1[C@H](CO)[C@@H](c1ccc(Cl)c(Cl)c1)C2. The van der Waals surface area contributed by atoms with Gasteiger partial charge in [0.2, 0.25) is 0 Å². The molecule has 1 aromatic rings. The fraction of sp³-hybridized carbons (Fsp3) is 0.600. The first kappa shape index (κ1) is 13.7. The molecule has 2 nitrogen and oxygen atoms in total. The van der Waals surface area contributed by atoms with E-state index in [2.05, 4.69) is 18.0 Å². The number of benzene rings is 1. The van der Waals surface area contributed by atoms with Gasteiger partial charge < -0.3 is 10.0 Å². The van der Waals surface area contributed by atoms with Crippen LogP contribution >= 0.6 is 23.2 Å². The van der Waals surface area contributed by atoms with Gasteiger partial charge in [-0.05, 0) is 49.9 Å². The van der Waals surface area contributed by atoms with Crippen LogP contribution in [0.5, 0.6) is 0 Å². The van der Waals surface area contributed by atoms with E-state index in [0.717, 1.165) is 6.42 Å². The second kappa shape index (κ2) is 5.25. The van der Waals surface area contributed by atoms with Crippen LogP contribution < -0.4 is 0 Å². The molecule has 0 radical (unpaired) electrons. The Kier molecular flexibility index (Phi) is 3.78. The molecule has 0 saturated carbocycles. The predicted octanol–water partition coefficient (Wildman–Crippen LogP) is 3.55. The number of halogens is 2. The van der Waals surface area contributed by atoms with Crippen molar-refractivity contribution in [3.63, 3.8) is 0 Å². The number of nitrogens with zero attached hydrogens (tertiary/aromatic N) is 1. The van der Waals surface area contributed by atoms with Crippen LogP contribution in [-0.2, 0) is 0 Å². The van der Waals surface area contributed by atoms with Gasteiger partial charge in [0, 0.05) is 24.6 Å². The third-order valence-corrected chi connectivity index (χ3v) is 5.75. The molecule has 19 heavy (non-hydrogen) atoms. The predicted molar refractivity (Wildman–Crippen MR) is 79.0 cm³/mol. The van der Waals surface area contributed by atoms with Crippen molar-refractivity contribution in [2.45, 2.75) is 37.3 Å². The monoisotopic (exact) mass is 299 g/mol. The molecule has 2 saturated heterocycles. The van der Waals surface area contributed by atoms with Crippen LogP contribution in [0.4, 0.5) is 0 Å². The highest BCUT2D eigenvalue weighted by Gasteiger charge is 2.45. The molecule has 4 heteroatoms. The molecule has 0 amide bonds. The maximum absolute atomic E-state index is 9.80. The Bertz CT molecular complexity index is 479. The number of hydrogen-bond donors (Lipinski definition) is 1. The van der Waals surface area contributed by atoms with Crippen molar-refractivity contribution in [3.05, 3.63) is 33.8 Å². The lowest BCUT2D eigenvalue weighted by Crippen LogP contribution is -2.47. The smallest absolute Gasteiger partial charge is 0.0595 e. The summed E-state index contributed by atoms with van der Waals surface area (Å²) in [6.45, 7) is 0.243. The van der Waals surface area contributed by atoms with Crippen LogP contribution in [0.3, 0.4) is 0 Å². The largest absolute Gasteiger partial charge is 0.396 e. The van der Waals surface area contributed by atoms with Gasteiger partial charge in [0.25, 0.3) is 0 Å². The van der Waals surface area contributed by atoms with Crippen molar-refractivity contribution in [2.24, 2.45) is 5.92 Å². The van der Waals surface area contributed by atoms with E-state index in [1.165, 1.54) is 18.4 Å². The summed E-state index contributed by atoms with van der Waals surface area (Å²) in [4.78, 5) is 2.45. The Morgan fingerprint density at radius 3 is 2.74 bits per heavy atom. The van der Waals surface area contributed by atoms with Crippen molar-refractivity contribution < 1.29 is 5.11 Å². The molecule has 3 rings (SSSR count). The standard InChI is InChI=1S/C15H19Cl2NO/c1-18-10-3-5-15(18)12(8-19)11(7-10)9-2-4-13(16)14(17)6-9/h2,4,6,10-12,15,19H,3,5,7-8H2,1H3/t10?,11-,12-,15-/m1/s1. The summed E-state index contributed by atoms with van der Waals surface area (Å²) >= 11 is 12.1. The maximum atomic E-state index is 9.80. The third-order valence-electron chi connectivity index (χ3n) is 5.01. The van der Waals surface area contributed by atoms with Crippen molar-refractivity contribution >= 4 is 23.2 Å². The zero-order valence-corrected chi connectivity index (χ0v) is 12.5. The molecule has 0 aliphatic carbocycles. The van der Waals surface area contributed by atoms with Crippen LogP contribution in [0, 0.1) is 5.92 Å². The Labute approximate surface area is 124 Å². The first-order valence-corrected chi connectivity index (χ1v) is 7.65. The number of piperidine rings is 1. The summed E-state index contributed by atoms with van der Waals surface area (Å²) < 4.78 is 0. The Morgan fingerprint density at radius 1 is 1.26 bits per heavy atom. The molecule has 1 N–H and O–H groups in total. The third kappa shape index (κ3) is 2.29. The normalized spacial score (nSPS) is 34.7. The molecule has 2 aliphatic rings. The minimum Gasteiger partial charge on any atom is -0.396 e. The lowest BCUT2D eigenvalue weighted by atomic mass is 9.76. The average molecular weight is 300 g/mol. The highest BCUT2D eigenvalue weighted by Crippen LogP contribution is 2.46. The van der Waals surface area contributed by atoms with E-state index in [1.54, 1.807) is 0 Å². The van der Waals surface area contributed by atoms with Gasteiger partial charge in [-0.25, -0.2) is 0 Å². The summed E-state index contributed by atoms with van der Waals surface area (Å²) in [5.74, 6) is 0.703.